The van der Waals surface area contributed by atoms with Crippen molar-refractivity contribution in [3.05, 3.63) is 47.3 Å². The Labute approximate surface area is 121 Å². The van der Waals surface area contributed by atoms with Crippen molar-refractivity contribution in [2.45, 2.75) is 13.8 Å². The predicted molar refractivity (Wildman–Crippen MR) is 77.5 cm³/mol. The highest BCUT2D eigenvalue weighted by atomic mass is 16.5. The van der Waals surface area contributed by atoms with Crippen molar-refractivity contribution in [3.63, 3.8) is 0 Å². The first kappa shape index (κ1) is 14.6. The van der Waals surface area contributed by atoms with Gasteiger partial charge in [0.25, 0.3) is 5.91 Å². The fourth-order valence-corrected chi connectivity index (χ4v) is 1.93. The summed E-state index contributed by atoms with van der Waals surface area (Å²) < 4.78 is 4.96. The lowest BCUT2D eigenvalue weighted by molar-refractivity contribution is 0.0527. The van der Waals surface area contributed by atoms with Crippen LogP contribution in [-0.4, -0.2) is 28.6 Å². The maximum absolute atomic E-state index is 12.1. The highest BCUT2D eigenvalue weighted by Crippen LogP contribution is 2.21. The van der Waals surface area contributed by atoms with Gasteiger partial charge in [-0.2, -0.15) is 0 Å². The SMILES string of the molecule is CCOC(=O)c1c(NC(=O)c2cccc(O)c2)c[nH]c1C. The van der Waals surface area contributed by atoms with Crippen LogP contribution in [0.4, 0.5) is 5.69 Å². The van der Waals surface area contributed by atoms with Crippen molar-refractivity contribution in [3.8, 4) is 5.75 Å². The van der Waals surface area contributed by atoms with E-state index in [0.29, 0.717) is 22.5 Å². The Hall–Kier alpha value is -2.76. The molecular weight excluding hydrogens is 272 g/mol. The minimum atomic E-state index is -0.498. The average molecular weight is 288 g/mol. The maximum Gasteiger partial charge on any atom is 0.342 e. The van der Waals surface area contributed by atoms with E-state index in [-0.39, 0.29) is 12.4 Å². The van der Waals surface area contributed by atoms with E-state index in [1.54, 1.807) is 26.0 Å². The molecule has 0 saturated carbocycles. The number of phenols is 1. The Morgan fingerprint density at radius 2 is 2.14 bits per heavy atom. The van der Waals surface area contributed by atoms with Crippen LogP contribution in [0.2, 0.25) is 0 Å². The van der Waals surface area contributed by atoms with E-state index in [1.807, 2.05) is 0 Å². The second-order valence-electron chi connectivity index (χ2n) is 4.43. The normalized spacial score (nSPS) is 10.2. The Balaban J connectivity index is 2.24. The molecule has 1 amide bonds. The van der Waals surface area contributed by atoms with Crippen molar-refractivity contribution in [2.24, 2.45) is 0 Å². The van der Waals surface area contributed by atoms with E-state index in [2.05, 4.69) is 10.3 Å². The lowest BCUT2D eigenvalue weighted by atomic mass is 10.2. The summed E-state index contributed by atoms with van der Waals surface area (Å²) in [4.78, 5) is 26.9. The van der Waals surface area contributed by atoms with E-state index < -0.39 is 11.9 Å². The number of hydrogen-bond acceptors (Lipinski definition) is 4. The monoisotopic (exact) mass is 288 g/mol. The summed E-state index contributed by atoms with van der Waals surface area (Å²) in [5.41, 5.74) is 1.55. The molecule has 0 unspecified atom stereocenters. The molecule has 0 radical (unpaired) electrons. The van der Waals surface area contributed by atoms with Gasteiger partial charge in [0.2, 0.25) is 0 Å². The third kappa shape index (κ3) is 3.22. The Bertz CT molecular complexity index is 676. The van der Waals surface area contributed by atoms with Crippen LogP contribution in [0, 0.1) is 6.92 Å². The average Bonchev–Trinajstić information content (AvgIpc) is 2.80. The van der Waals surface area contributed by atoms with Crippen LogP contribution in [0.15, 0.2) is 30.5 Å². The van der Waals surface area contributed by atoms with E-state index in [0.717, 1.165) is 0 Å². The molecule has 0 aliphatic rings. The number of benzene rings is 1. The largest absolute Gasteiger partial charge is 0.508 e. The summed E-state index contributed by atoms with van der Waals surface area (Å²) in [6.07, 6.45) is 1.53. The van der Waals surface area contributed by atoms with Crippen LogP contribution in [0.3, 0.4) is 0 Å². The van der Waals surface area contributed by atoms with Gasteiger partial charge in [0.05, 0.1) is 12.3 Å². The highest BCUT2D eigenvalue weighted by molar-refractivity contribution is 6.08. The molecule has 0 fully saturated rings. The van der Waals surface area contributed by atoms with E-state index in [9.17, 15) is 14.7 Å². The van der Waals surface area contributed by atoms with Crippen LogP contribution >= 0.6 is 0 Å². The summed E-state index contributed by atoms with van der Waals surface area (Å²) in [5.74, 6) is -0.920. The van der Waals surface area contributed by atoms with Crippen LogP contribution in [-0.2, 0) is 4.74 Å². The fraction of sp³-hybridized carbons (Fsp3) is 0.200. The molecule has 0 bridgehead atoms. The van der Waals surface area contributed by atoms with Gasteiger partial charge < -0.3 is 20.1 Å². The summed E-state index contributed by atoms with van der Waals surface area (Å²) >= 11 is 0. The summed E-state index contributed by atoms with van der Waals surface area (Å²) in [7, 11) is 0. The number of esters is 1. The van der Waals surface area contributed by atoms with Crippen LogP contribution in [0.25, 0.3) is 0 Å². The number of aryl methyl sites for hydroxylation is 1. The number of nitrogens with one attached hydrogen (secondary N) is 2. The molecule has 21 heavy (non-hydrogen) atoms. The van der Waals surface area contributed by atoms with Gasteiger partial charge in [-0.05, 0) is 32.0 Å². The van der Waals surface area contributed by atoms with Crippen LogP contribution in [0.5, 0.6) is 5.75 Å². The van der Waals surface area contributed by atoms with Gasteiger partial charge in [-0.3, -0.25) is 4.79 Å². The molecule has 1 aromatic carbocycles. The Morgan fingerprint density at radius 1 is 1.38 bits per heavy atom. The lowest BCUT2D eigenvalue weighted by Gasteiger charge is -2.07. The molecule has 0 saturated heterocycles. The number of ether oxygens (including phenoxy) is 1. The fourth-order valence-electron chi connectivity index (χ4n) is 1.93. The number of aromatic amines is 1. The topological polar surface area (TPSA) is 91.4 Å². The molecule has 0 spiro atoms. The molecule has 110 valence electrons. The summed E-state index contributed by atoms with van der Waals surface area (Å²) in [5, 5.41) is 12.0. The molecule has 3 N–H and O–H groups in total. The molecule has 1 heterocycles. The molecule has 0 aliphatic heterocycles. The van der Waals surface area contributed by atoms with Gasteiger partial charge in [-0.1, -0.05) is 6.07 Å². The zero-order valence-electron chi connectivity index (χ0n) is 11.8. The number of aromatic hydroxyl groups is 1. The number of hydrogen-bond donors (Lipinski definition) is 3. The van der Waals surface area contributed by atoms with Gasteiger partial charge in [0.1, 0.15) is 11.3 Å². The first-order valence-corrected chi connectivity index (χ1v) is 6.48. The minimum Gasteiger partial charge on any atom is -0.508 e. The van der Waals surface area contributed by atoms with Crippen LogP contribution in [0.1, 0.15) is 33.3 Å². The number of rotatable bonds is 4. The number of H-pyrrole nitrogens is 1. The van der Waals surface area contributed by atoms with E-state index in [1.165, 1.54) is 18.3 Å². The number of amides is 1. The molecule has 2 aromatic rings. The smallest absolute Gasteiger partial charge is 0.342 e. The molecule has 1 aromatic heterocycles. The number of carbonyl (C=O) groups excluding carboxylic acids is 2. The van der Waals surface area contributed by atoms with E-state index in [4.69, 9.17) is 4.74 Å². The van der Waals surface area contributed by atoms with Gasteiger partial charge in [0, 0.05) is 17.5 Å². The summed E-state index contributed by atoms with van der Waals surface area (Å²) in [6.45, 7) is 3.69. The van der Waals surface area contributed by atoms with Gasteiger partial charge >= 0.3 is 5.97 Å². The van der Waals surface area contributed by atoms with Crippen molar-refractivity contribution < 1.29 is 19.4 Å². The third-order valence-electron chi connectivity index (χ3n) is 2.91. The first-order chi connectivity index (χ1) is 10.0. The van der Waals surface area contributed by atoms with Crippen molar-refractivity contribution in [2.75, 3.05) is 11.9 Å². The van der Waals surface area contributed by atoms with Gasteiger partial charge in [-0.25, -0.2) is 4.79 Å². The minimum absolute atomic E-state index is 0.00137. The van der Waals surface area contributed by atoms with E-state index >= 15 is 0 Å². The second kappa shape index (κ2) is 6.13. The van der Waals surface area contributed by atoms with Crippen molar-refractivity contribution in [1.82, 2.24) is 4.98 Å². The standard InChI is InChI=1S/C15H16N2O4/c1-3-21-15(20)13-9(2)16-8-12(13)17-14(19)10-5-4-6-11(18)7-10/h4-8,16,18H,3H2,1-2H3,(H,17,19). The zero-order valence-corrected chi connectivity index (χ0v) is 11.8. The molecule has 6 heteroatoms. The molecular formula is C15H16N2O4. The Morgan fingerprint density at radius 3 is 2.81 bits per heavy atom. The van der Waals surface area contributed by atoms with Crippen molar-refractivity contribution in [1.29, 1.82) is 0 Å². The zero-order chi connectivity index (χ0) is 15.4. The highest BCUT2D eigenvalue weighted by Gasteiger charge is 2.19. The van der Waals surface area contributed by atoms with Gasteiger partial charge in [-0.15, -0.1) is 0 Å². The summed E-state index contributed by atoms with van der Waals surface area (Å²) in [6, 6.07) is 5.96. The maximum atomic E-state index is 12.1. The lowest BCUT2D eigenvalue weighted by Crippen LogP contribution is -2.15. The number of anilines is 1. The quantitative estimate of drug-likeness (QED) is 0.754. The predicted octanol–water partition coefficient (Wildman–Crippen LogP) is 2.46. The van der Waals surface area contributed by atoms with Gasteiger partial charge in [0.15, 0.2) is 0 Å². The second-order valence-corrected chi connectivity index (χ2v) is 4.43. The molecule has 2 rings (SSSR count). The van der Waals surface area contributed by atoms with Crippen LogP contribution < -0.4 is 5.32 Å². The molecule has 6 nitrogen and oxygen atoms in total. The molecule has 0 atom stereocenters. The first-order valence-electron chi connectivity index (χ1n) is 6.48. The Kier molecular flexibility index (Phi) is 4.27. The number of phenolic OH excluding ortho intramolecular Hbond substituents is 1. The molecule has 0 aliphatic carbocycles. The number of aromatic nitrogens is 1. The van der Waals surface area contributed by atoms with Crippen molar-refractivity contribution >= 4 is 17.6 Å². The number of carbonyl (C=O) groups is 2. The third-order valence-corrected chi connectivity index (χ3v) is 2.91.